The molecule has 0 bridgehead atoms. The van der Waals surface area contributed by atoms with Gasteiger partial charge in [0.15, 0.2) is 0 Å². The third-order valence-electron chi connectivity index (χ3n) is 4.91. The Morgan fingerprint density at radius 2 is 1.70 bits per heavy atom. The van der Waals surface area contributed by atoms with E-state index in [1.807, 2.05) is 24.3 Å². The summed E-state index contributed by atoms with van der Waals surface area (Å²) >= 11 is 0. The van der Waals surface area contributed by atoms with Crippen molar-refractivity contribution < 1.29 is 13.2 Å². The average Bonchev–Trinajstić information content (AvgIpc) is 2.96. The van der Waals surface area contributed by atoms with E-state index in [0.717, 1.165) is 25.7 Å². The molecule has 1 amide bonds. The first kappa shape index (κ1) is 22.0. The Morgan fingerprint density at radius 1 is 1.00 bits per heavy atom. The highest BCUT2D eigenvalue weighted by atomic mass is 32.2. The monoisotopic (exact) mass is 427 g/mol. The fourth-order valence-electron chi connectivity index (χ4n) is 3.36. The van der Waals surface area contributed by atoms with Crippen molar-refractivity contribution in [3.63, 3.8) is 0 Å². The van der Waals surface area contributed by atoms with E-state index in [1.165, 1.54) is 17.7 Å². The van der Waals surface area contributed by atoms with Crippen molar-refractivity contribution in [2.24, 2.45) is 10.9 Å². The summed E-state index contributed by atoms with van der Waals surface area (Å²) in [4.78, 5) is 16.9. The molecule has 0 spiro atoms. The molecule has 0 radical (unpaired) electrons. The van der Waals surface area contributed by atoms with Gasteiger partial charge in [0.2, 0.25) is 0 Å². The lowest BCUT2D eigenvalue weighted by molar-refractivity contribution is 0.102. The van der Waals surface area contributed by atoms with E-state index in [1.54, 1.807) is 12.1 Å². The molecule has 2 aromatic carbocycles. The van der Waals surface area contributed by atoms with Gasteiger partial charge in [0.05, 0.1) is 4.90 Å². The third kappa shape index (κ3) is 6.16. The molecule has 1 aliphatic heterocycles. The molecular formula is C23H29N3O3S. The van der Waals surface area contributed by atoms with E-state index in [4.69, 9.17) is 0 Å². The number of rotatable bonds is 6. The van der Waals surface area contributed by atoms with Crippen molar-refractivity contribution in [1.82, 2.24) is 4.72 Å². The first-order chi connectivity index (χ1) is 14.3. The van der Waals surface area contributed by atoms with Gasteiger partial charge in [-0.25, -0.2) is 8.42 Å². The van der Waals surface area contributed by atoms with Crippen LogP contribution in [0.4, 0.5) is 5.69 Å². The molecule has 160 valence electrons. The Labute approximate surface area is 178 Å². The maximum Gasteiger partial charge on any atom is 0.262 e. The second-order valence-electron chi connectivity index (χ2n) is 8.02. The Kier molecular flexibility index (Phi) is 7.26. The number of hydrogen-bond acceptors (Lipinski definition) is 4. The fraction of sp³-hybridized carbons (Fsp3) is 0.391. The zero-order chi connectivity index (χ0) is 21.6. The second kappa shape index (κ2) is 9.89. The minimum absolute atomic E-state index is 0.144. The molecule has 0 aromatic heterocycles. The molecule has 1 heterocycles. The molecule has 30 heavy (non-hydrogen) atoms. The van der Waals surface area contributed by atoms with Crippen molar-refractivity contribution in [3.05, 3.63) is 59.7 Å². The Morgan fingerprint density at radius 3 is 2.37 bits per heavy atom. The molecule has 2 aromatic rings. The van der Waals surface area contributed by atoms with Crippen LogP contribution in [-0.4, -0.2) is 26.7 Å². The van der Waals surface area contributed by atoms with E-state index in [0.29, 0.717) is 36.0 Å². The molecular weight excluding hydrogens is 398 g/mol. The fourth-order valence-corrected chi connectivity index (χ4v) is 4.44. The lowest BCUT2D eigenvalue weighted by Crippen LogP contribution is -2.30. The van der Waals surface area contributed by atoms with Crippen LogP contribution in [0.2, 0.25) is 0 Å². The van der Waals surface area contributed by atoms with Crippen LogP contribution >= 0.6 is 0 Å². The highest BCUT2D eigenvalue weighted by molar-refractivity contribution is 7.90. The molecule has 0 atom stereocenters. The first-order valence-corrected chi connectivity index (χ1v) is 11.9. The Balaban J connectivity index is 1.63. The number of carbonyl (C=O) groups excluding carboxylic acids is 1. The molecule has 0 fully saturated rings. The van der Waals surface area contributed by atoms with Gasteiger partial charge < -0.3 is 5.32 Å². The van der Waals surface area contributed by atoms with E-state index in [9.17, 15) is 13.2 Å². The van der Waals surface area contributed by atoms with Gasteiger partial charge in [-0.2, -0.15) is 0 Å². The number of carbonyl (C=O) groups is 1. The van der Waals surface area contributed by atoms with E-state index in [-0.39, 0.29) is 10.8 Å². The number of sulfonamides is 1. The first-order valence-electron chi connectivity index (χ1n) is 10.4. The molecule has 2 N–H and O–H groups in total. The van der Waals surface area contributed by atoms with Gasteiger partial charge in [0, 0.05) is 24.2 Å². The van der Waals surface area contributed by atoms with Gasteiger partial charge in [0.1, 0.15) is 5.84 Å². The predicted octanol–water partition coefficient (Wildman–Crippen LogP) is 4.39. The van der Waals surface area contributed by atoms with Crippen LogP contribution in [0.25, 0.3) is 0 Å². The summed E-state index contributed by atoms with van der Waals surface area (Å²) in [6.45, 7) is 4.97. The third-order valence-corrected chi connectivity index (χ3v) is 6.31. The molecule has 0 saturated heterocycles. The quantitative estimate of drug-likeness (QED) is 0.717. The standard InChI is InChI=1S/C23H29N3O3S/c1-17(2)16-18-7-9-19(10-8-18)23(27)25-20-11-13-21(14-12-20)30(28,29)26-22-6-4-3-5-15-24-22/h7-14,17H,3-6,15-16H2,1-2H3,(H,24,26)(H,25,27). The topological polar surface area (TPSA) is 87.6 Å². The lowest BCUT2D eigenvalue weighted by Gasteiger charge is -2.11. The van der Waals surface area contributed by atoms with E-state index < -0.39 is 10.0 Å². The van der Waals surface area contributed by atoms with Gasteiger partial charge in [-0.3, -0.25) is 14.5 Å². The van der Waals surface area contributed by atoms with Gasteiger partial charge in [0.25, 0.3) is 15.9 Å². The van der Waals surface area contributed by atoms with Crippen LogP contribution in [0.15, 0.2) is 58.4 Å². The summed E-state index contributed by atoms with van der Waals surface area (Å²) in [5.41, 5.74) is 2.30. The largest absolute Gasteiger partial charge is 0.322 e. The summed E-state index contributed by atoms with van der Waals surface area (Å²) in [7, 11) is -3.68. The molecule has 3 rings (SSSR count). The maximum absolute atomic E-state index is 12.6. The summed E-state index contributed by atoms with van der Waals surface area (Å²) in [6.07, 6.45) is 4.59. The van der Waals surface area contributed by atoms with Crippen LogP contribution < -0.4 is 10.0 Å². The Hall–Kier alpha value is -2.67. The van der Waals surface area contributed by atoms with E-state index in [2.05, 4.69) is 28.9 Å². The smallest absolute Gasteiger partial charge is 0.262 e. The maximum atomic E-state index is 12.6. The minimum atomic E-state index is -3.68. The molecule has 7 heteroatoms. The number of amides is 1. The number of hydrogen-bond donors (Lipinski definition) is 2. The number of nitrogens with zero attached hydrogens (tertiary/aromatic N) is 1. The van der Waals surface area contributed by atoms with Gasteiger partial charge in [-0.1, -0.05) is 32.4 Å². The number of benzene rings is 2. The van der Waals surface area contributed by atoms with Crippen molar-refractivity contribution in [2.45, 2.75) is 50.8 Å². The zero-order valence-corrected chi connectivity index (χ0v) is 18.3. The van der Waals surface area contributed by atoms with E-state index >= 15 is 0 Å². The number of amidine groups is 1. The Bertz CT molecular complexity index is 995. The molecule has 0 unspecified atom stereocenters. The van der Waals surface area contributed by atoms with Crippen molar-refractivity contribution in [1.29, 1.82) is 0 Å². The number of anilines is 1. The summed E-state index contributed by atoms with van der Waals surface area (Å²) in [5.74, 6) is 0.849. The SMILES string of the molecule is CC(C)Cc1ccc(C(=O)Nc2ccc(S(=O)(=O)NC3=NCCCCC3)cc2)cc1. The zero-order valence-electron chi connectivity index (χ0n) is 17.5. The summed E-state index contributed by atoms with van der Waals surface area (Å²) in [6, 6.07) is 13.7. The predicted molar refractivity (Wildman–Crippen MR) is 120 cm³/mol. The van der Waals surface area contributed by atoms with Crippen molar-refractivity contribution in [3.8, 4) is 0 Å². The average molecular weight is 428 g/mol. The van der Waals surface area contributed by atoms with Gasteiger partial charge in [-0.05, 0) is 67.1 Å². The highest BCUT2D eigenvalue weighted by Crippen LogP contribution is 2.17. The van der Waals surface area contributed by atoms with Crippen LogP contribution in [0.3, 0.4) is 0 Å². The molecule has 0 aliphatic carbocycles. The minimum Gasteiger partial charge on any atom is -0.322 e. The van der Waals surface area contributed by atoms with Gasteiger partial charge in [-0.15, -0.1) is 0 Å². The molecule has 6 nitrogen and oxygen atoms in total. The van der Waals surface area contributed by atoms with Crippen LogP contribution in [0.1, 0.15) is 55.5 Å². The number of aliphatic imine (C=N–C) groups is 1. The van der Waals surface area contributed by atoms with Gasteiger partial charge >= 0.3 is 0 Å². The summed E-state index contributed by atoms with van der Waals surface area (Å²) < 4.78 is 27.8. The second-order valence-corrected chi connectivity index (χ2v) is 9.70. The lowest BCUT2D eigenvalue weighted by atomic mass is 10.0. The molecule has 1 aliphatic rings. The normalized spacial score (nSPS) is 14.7. The number of nitrogens with one attached hydrogen (secondary N) is 2. The van der Waals surface area contributed by atoms with Crippen molar-refractivity contribution in [2.75, 3.05) is 11.9 Å². The summed E-state index contributed by atoms with van der Waals surface area (Å²) in [5, 5.41) is 2.81. The van der Waals surface area contributed by atoms with Crippen LogP contribution in [0.5, 0.6) is 0 Å². The van der Waals surface area contributed by atoms with Crippen LogP contribution in [-0.2, 0) is 16.4 Å². The van der Waals surface area contributed by atoms with Crippen molar-refractivity contribution >= 4 is 27.5 Å². The molecule has 0 saturated carbocycles. The van der Waals surface area contributed by atoms with Crippen LogP contribution in [0, 0.1) is 5.92 Å². The highest BCUT2D eigenvalue weighted by Gasteiger charge is 2.17.